The Bertz CT molecular complexity index is 1210. The Hall–Kier alpha value is -3.66. The molecule has 0 radical (unpaired) electrons. The number of amides is 1. The fourth-order valence-electron chi connectivity index (χ4n) is 3.69. The number of methoxy groups -OCH3 is 1. The van der Waals surface area contributed by atoms with Crippen LogP contribution >= 0.6 is 0 Å². The molecule has 0 spiro atoms. The van der Waals surface area contributed by atoms with Gasteiger partial charge >= 0.3 is 0 Å². The lowest BCUT2D eigenvalue weighted by atomic mass is 10.2. The number of anilines is 2. The van der Waals surface area contributed by atoms with E-state index in [4.69, 9.17) is 4.74 Å². The minimum absolute atomic E-state index is 0.0958. The van der Waals surface area contributed by atoms with E-state index < -0.39 is 10.0 Å². The summed E-state index contributed by atoms with van der Waals surface area (Å²) in [6.07, 6.45) is 3.39. The Morgan fingerprint density at radius 1 is 0.939 bits per heavy atom. The summed E-state index contributed by atoms with van der Waals surface area (Å²) in [6.45, 7) is 2.33. The Morgan fingerprint density at radius 3 is 2.21 bits per heavy atom. The number of carbonyl (C=O) groups is 1. The van der Waals surface area contributed by atoms with Gasteiger partial charge in [-0.25, -0.2) is 18.4 Å². The first-order chi connectivity index (χ1) is 15.9. The van der Waals surface area contributed by atoms with E-state index in [1.54, 1.807) is 59.8 Å². The molecule has 0 atom stereocenters. The average molecular weight is 468 g/mol. The number of rotatable bonds is 6. The molecule has 9 nitrogen and oxygen atoms in total. The number of sulfonamides is 1. The largest absolute Gasteiger partial charge is 0.495 e. The number of hydrogen-bond acceptors (Lipinski definition) is 7. The molecule has 33 heavy (non-hydrogen) atoms. The normalized spacial score (nSPS) is 14.1. The molecule has 1 fully saturated rings. The van der Waals surface area contributed by atoms with Gasteiger partial charge in [0.2, 0.25) is 5.95 Å². The predicted molar refractivity (Wildman–Crippen MR) is 125 cm³/mol. The Balaban J connectivity index is 1.45. The molecule has 1 aromatic heterocycles. The van der Waals surface area contributed by atoms with Crippen LogP contribution in [-0.4, -0.2) is 69.5 Å². The maximum Gasteiger partial charge on any atom is 0.264 e. The number of ether oxygens (including phenoxy) is 1. The lowest BCUT2D eigenvalue weighted by molar-refractivity contribution is 0.0746. The third-order valence-corrected chi connectivity index (χ3v) is 7.37. The van der Waals surface area contributed by atoms with E-state index in [1.807, 2.05) is 4.90 Å². The standard InChI is InChI=1S/C23H25N5O4S/c1-26(20-6-3-4-7-21(20)32-2)33(30,31)19-10-8-18(9-11-19)22(29)27-14-16-28(17-15-27)23-24-12-5-13-25-23/h3-13H,14-17H2,1-2H3. The van der Waals surface area contributed by atoms with Crippen LogP contribution in [0.3, 0.4) is 0 Å². The molecule has 1 amide bonds. The fourth-order valence-corrected chi connectivity index (χ4v) is 4.90. The zero-order valence-electron chi connectivity index (χ0n) is 18.5. The first-order valence-corrected chi connectivity index (χ1v) is 11.9. The van der Waals surface area contributed by atoms with Crippen LogP contribution in [0, 0.1) is 0 Å². The van der Waals surface area contributed by atoms with Gasteiger partial charge in [-0.15, -0.1) is 0 Å². The van der Waals surface area contributed by atoms with Crippen molar-refractivity contribution in [1.82, 2.24) is 14.9 Å². The first-order valence-electron chi connectivity index (χ1n) is 10.4. The number of benzene rings is 2. The third kappa shape index (κ3) is 4.61. The van der Waals surface area contributed by atoms with Crippen LogP contribution in [0.2, 0.25) is 0 Å². The van der Waals surface area contributed by atoms with Crippen LogP contribution in [0.4, 0.5) is 11.6 Å². The first kappa shape index (κ1) is 22.5. The lowest BCUT2D eigenvalue weighted by Crippen LogP contribution is -2.49. The molecule has 10 heteroatoms. The maximum atomic E-state index is 13.1. The van der Waals surface area contributed by atoms with Crippen LogP contribution in [0.1, 0.15) is 10.4 Å². The van der Waals surface area contributed by atoms with E-state index in [1.165, 1.54) is 30.6 Å². The van der Waals surface area contributed by atoms with Crippen molar-refractivity contribution < 1.29 is 17.9 Å². The summed E-state index contributed by atoms with van der Waals surface area (Å²) in [4.78, 5) is 25.3. The van der Waals surface area contributed by atoms with Gasteiger partial charge in [0.15, 0.2) is 0 Å². The van der Waals surface area contributed by atoms with Gasteiger partial charge < -0.3 is 14.5 Å². The van der Waals surface area contributed by atoms with Gasteiger partial charge in [0.05, 0.1) is 17.7 Å². The number of aromatic nitrogens is 2. The molecule has 4 rings (SSSR count). The van der Waals surface area contributed by atoms with Crippen molar-refractivity contribution in [3.05, 3.63) is 72.6 Å². The lowest BCUT2D eigenvalue weighted by Gasteiger charge is -2.34. The van der Waals surface area contributed by atoms with Gasteiger partial charge in [-0.1, -0.05) is 12.1 Å². The second-order valence-electron chi connectivity index (χ2n) is 7.50. The highest BCUT2D eigenvalue weighted by Crippen LogP contribution is 2.31. The van der Waals surface area contributed by atoms with E-state index >= 15 is 0 Å². The Labute approximate surface area is 193 Å². The highest BCUT2D eigenvalue weighted by molar-refractivity contribution is 7.92. The highest BCUT2D eigenvalue weighted by Gasteiger charge is 2.26. The molecular weight excluding hydrogens is 442 g/mol. The van der Waals surface area contributed by atoms with Gasteiger partial charge in [-0.2, -0.15) is 0 Å². The number of hydrogen-bond donors (Lipinski definition) is 0. The van der Waals surface area contributed by atoms with Crippen LogP contribution < -0.4 is 13.9 Å². The molecule has 0 unspecified atom stereocenters. The minimum Gasteiger partial charge on any atom is -0.495 e. The molecule has 0 aliphatic carbocycles. The number of carbonyl (C=O) groups excluding carboxylic acids is 1. The second kappa shape index (κ2) is 9.45. The maximum absolute atomic E-state index is 13.1. The van der Waals surface area contributed by atoms with Gasteiger partial charge in [-0.3, -0.25) is 9.10 Å². The average Bonchev–Trinajstić information content (AvgIpc) is 2.88. The summed E-state index contributed by atoms with van der Waals surface area (Å²) in [5, 5.41) is 0. The monoisotopic (exact) mass is 467 g/mol. The van der Waals surface area contributed by atoms with Gasteiger partial charge in [0.25, 0.3) is 15.9 Å². The summed E-state index contributed by atoms with van der Waals surface area (Å²) in [6, 6.07) is 14.7. The van der Waals surface area contributed by atoms with E-state index in [0.29, 0.717) is 49.1 Å². The molecular formula is C23H25N5O4S. The van der Waals surface area contributed by atoms with E-state index in [9.17, 15) is 13.2 Å². The number of piperazine rings is 1. The smallest absolute Gasteiger partial charge is 0.264 e. The zero-order chi connectivity index (χ0) is 23.4. The minimum atomic E-state index is -3.82. The van der Waals surface area contributed by atoms with E-state index in [-0.39, 0.29) is 10.8 Å². The molecule has 0 saturated carbocycles. The van der Waals surface area contributed by atoms with Crippen molar-refractivity contribution in [2.24, 2.45) is 0 Å². The van der Waals surface area contributed by atoms with Crippen molar-refractivity contribution in [2.75, 3.05) is 49.5 Å². The van der Waals surface area contributed by atoms with Crippen molar-refractivity contribution in [1.29, 1.82) is 0 Å². The molecule has 3 aromatic rings. The Morgan fingerprint density at radius 2 is 1.58 bits per heavy atom. The van der Waals surface area contributed by atoms with Crippen molar-refractivity contribution >= 4 is 27.6 Å². The SMILES string of the molecule is COc1ccccc1N(C)S(=O)(=O)c1ccc(C(=O)N2CCN(c3ncccn3)CC2)cc1. The van der Waals surface area contributed by atoms with Crippen molar-refractivity contribution in [3.63, 3.8) is 0 Å². The molecule has 2 aromatic carbocycles. The van der Waals surface area contributed by atoms with Gasteiger partial charge in [0.1, 0.15) is 5.75 Å². The summed E-state index contributed by atoms with van der Waals surface area (Å²) in [7, 11) is -0.855. The Kier molecular flexibility index (Phi) is 6.45. The number of para-hydroxylation sites is 2. The molecule has 1 aliphatic rings. The van der Waals surface area contributed by atoms with Crippen LogP contribution in [0.25, 0.3) is 0 Å². The summed E-state index contributed by atoms with van der Waals surface area (Å²) < 4.78 is 32.7. The van der Waals surface area contributed by atoms with Crippen LogP contribution in [0.15, 0.2) is 71.9 Å². The molecule has 0 N–H and O–H groups in total. The third-order valence-electron chi connectivity index (χ3n) is 5.59. The zero-order valence-corrected chi connectivity index (χ0v) is 19.3. The molecule has 0 bridgehead atoms. The van der Waals surface area contributed by atoms with E-state index in [0.717, 1.165) is 0 Å². The topological polar surface area (TPSA) is 95.9 Å². The molecule has 172 valence electrons. The van der Waals surface area contributed by atoms with E-state index in [2.05, 4.69) is 9.97 Å². The van der Waals surface area contributed by atoms with Gasteiger partial charge in [-0.05, 0) is 42.5 Å². The van der Waals surface area contributed by atoms with Gasteiger partial charge in [0, 0.05) is 51.2 Å². The second-order valence-corrected chi connectivity index (χ2v) is 9.47. The summed E-state index contributed by atoms with van der Waals surface area (Å²) >= 11 is 0. The highest BCUT2D eigenvalue weighted by atomic mass is 32.2. The number of nitrogens with zero attached hydrogens (tertiary/aromatic N) is 5. The van der Waals surface area contributed by atoms with Crippen LogP contribution in [-0.2, 0) is 10.0 Å². The van der Waals surface area contributed by atoms with Crippen molar-refractivity contribution in [2.45, 2.75) is 4.90 Å². The van der Waals surface area contributed by atoms with Crippen LogP contribution in [0.5, 0.6) is 5.75 Å². The molecule has 2 heterocycles. The summed E-state index contributed by atoms with van der Waals surface area (Å²) in [5.74, 6) is 0.972. The fraction of sp³-hybridized carbons (Fsp3) is 0.261. The summed E-state index contributed by atoms with van der Waals surface area (Å²) in [5.41, 5.74) is 0.874. The molecule has 1 saturated heterocycles. The quantitative estimate of drug-likeness (QED) is 0.549. The predicted octanol–water partition coefficient (Wildman–Crippen LogP) is 2.27. The molecule has 1 aliphatic heterocycles. The van der Waals surface area contributed by atoms with Crippen molar-refractivity contribution in [3.8, 4) is 5.75 Å².